The highest BCUT2D eigenvalue weighted by Gasteiger charge is 2.27. The summed E-state index contributed by atoms with van der Waals surface area (Å²) >= 11 is 0. The second kappa shape index (κ2) is 6.80. The number of carboxylic acids is 1. The van der Waals surface area contributed by atoms with Crippen molar-refractivity contribution in [3.63, 3.8) is 0 Å². The van der Waals surface area contributed by atoms with E-state index in [0.717, 1.165) is 18.4 Å². The maximum absolute atomic E-state index is 12.4. The summed E-state index contributed by atoms with van der Waals surface area (Å²) in [7, 11) is -3.99. The summed E-state index contributed by atoms with van der Waals surface area (Å²) < 4.78 is 27.1. The minimum absolute atomic E-state index is 0.0314. The van der Waals surface area contributed by atoms with Crippen molar-refractivity contribution < 1.29 is 23.1 Å². The van der Waals surface area contributed by atoms with Gasteiger partial charge in [-0.25, -0.2) is 8.42 Å². The second-order valence-electron chi connectivity index (χ2n) is 6.24. The molecule has 2 N–H and O–H groups in total. The standard InChI is InChI=1S/C16H21NO5S/c1-10(2)8-14(16(19)20)17-23(21,22)12-7-6-11-4-3-5-15(18)13(11)9-12/h6-7,9-10,14,17H,3-5,8H2,1-2H3,(H,19,20). The van der Waals surface area contributed by atoms with Crippen LogP contribution in [0.5, 0.6) is 0 Å². The molecule has 0 bridgehead atoms. The summed E-state index contributed by atoms with van der Waals surface area (Å²) in [5.74, 6) is -1.25. The van der Waals surface area contributed by atoms with E-state index in [0.29, 0.717) is 12.0 Å². The van der Waals surface area contributed by atoms with E-state index >= 15 is 0 Å². The average molecular weight is 339 g/mol. The molecule has 0 amide bonds. The number of sulfonamides is 1. The van der Waals surface area contributed by atoms with Crippen molar-refractivity contribution in [2.75, 3.05) is 0 Å². The number of fused-ring (bicyclic) bond motifs is 1. The predicted molar refractivity (Wildman–Crippen MR) is 84.9 cm³/mol. The Balaban J connectivity index is 2.30. The minimum atomic E-state index is -3.99. The number of aryl methyl sites for hydroxylation is 1. The fraction of sp³-hybridized carbons (Fsp3) is 0.500. The van der Waals surface area contributed by atoms with Crippen LogP contribution in [0, 0.1) is 5.92 Å². The quantitative estimate of drug-likeness (QED) is 0.825. The normalized spacial score (nSPS) is 16.2. The van der Waals surface area contributed by atoms with Crippen LogP contribution in [-0.4, -0.2) is 31.3 Å². The summed E-state index contributed by atoms with van der Waals surface area (Å²) in [5, 5.41) is 9.19. The molecule has 1 aliphatic carbocycles. The molecule has 1 unspecified atom stereocenters. The van der Waals surface area contributed by atoms with Gasteiger partial charge in [0.2, 0.25) is 10.0 Å². The summed E-state index contributed by atoms with van der Waals surface area (Å²) in [6.45, 7) is 3.64. The highest BCUT2D eigenvalue weighted by atomic mass is 32.2. The first-order valence-corrected chi connectivity index (χ1v) is 9.10. The molecule has 0 saturated heterocycles. The number of carboxylic acid groups (broad SMARTS) is 1. The first kappa shape index (κ1) is 17.6. The van der Waals surface area contributed by atoms with E-state index in [4.69, 9.17) is 0 Å². The van der Waals surface area contributed by atoms with Crippen LogP contribution >= 0.6 is 0 Å². The maximum atomic E-state index is 12.4. The zero-order chi connectivity index (χ0) is 17.2. The zero-order valence-electron chi connectivity index (χ0n) is 13.2. The number of rotatable bonds is 6. The Bertz CT molecular complexity index is 724. The summed E-state index contributed by atoms with van der Waals surface area (Å²) in [6, 6.07) is 3.23. The molecule has 0 spiro atoms. The van der Waals surface area contributed by atoms with Crippen LogP contribution in [0.3, 0.4) is 0 Å². The van der Waals surface area contributed by atoms with Gasteiger partial charge < -0.3 is 5.11 Å². The highest BCUT2D eigenvalue weighted by Crippen LogP contribution is 2.24. The van der Waals surface area contributed by atoms with Crippen LogP contribution in [0.1, 0.15) is 49.0 Å². The van der Waals surface area contributed by atoms with Gasteiger partial charge in [0.25, 0.3) is 0 Å². The fourth-order valence-corrected chi connectivity index (χ4v) is 3.93. The van der Waals surface area contributed by atoms with E-state index in [1.165, 1.54) is 12.1 Å². The van der Waals surface area contributed by atoms with Crippen molar-refractivity contribution >= 4 is 21.8 Å². The lowest BCUT2D eigenvalue weighted by molar-refractivity contribution is -0.139. The molecular formula is C16H21NO5S. The lowest BCUT2D eigenvalue weighted by atomic mass is 9.91. The van der Waals surface area contributed by atoms with Gasteiger partial charge in [0, 0.05) is 12.0 Å². The number of hydrogen-bond donors (Lipinski definition) is 2. The molecule has 1 aliphatic rings. The number of ketones is 1. The summed E-state index contributed by atoms with van der Waals surface area (Å²) in [4.78, 5) is 23.1. The fourth-order valence-electron chi connectivity index (χ4n) is 2.70. The molecule has 7 heteroatoms. The van der Waals surface area contributed by atoms with E-state index in [2.05, 4.69) is 4.72 Å². The first-order chi connectivity index (χ1) is 10.7. The van der Waals surface area contributed by atoms with Crippen LogP contribution < -0.4 is 4.72 Å². The largest absolute Gasteiger partial charge is 0.480 e. The molecule has 1 aromatic carbocycles. The minimum Gasteiger partial charge on any atom is -0.480 e. The van der Waals surface area contributed by atoms with Crippen molar-refractivity contribution in [2.45, 2.75) is 50.5 Å². The highest BCUT2D eigenvalue weighted by molar-refractivity contribution is 7.89. The third-order valence-electron chi connectivity index (χ3n) is 3.84. The topological polar surface area (TPSA) is 101 Å². The third-order valence-corrected chi connectivity index (χ3v) is 5.31. The van der Waals surface area contributed by atoms with Crippen LogP contribution in [0.15, 0.2) is 23.1 Å². The Hall–Kier alpha value is -1.73. The summed E-state index contributed by atoms with van der Waals surface area (Å²) in [5.41, 5.74) is 1.27. The van der Waals surface area contributed by atoms with E-state index in [9.17, 15) is 23.1 Å². The molecule has 2 rings (SSSR count). The van der Waals surface area contributed by atoms with Crippen LogP contribution in [0.25, 0.3) is 0 Å². The van der Waals surface area contributed by atoms with Gasteiger partial charge in [-0.15, -0.1) is 0 Å². The molecule has 0 aromatic heterocycles. The average Bonchev–Trinajstić information content (AvgIpc) is 2.46. The smallest absolute Gasteiger partial charge is 0.321 e. The molecule has 0 saturated carbocycles. The molecule has 6 nitrogen and oxygen atoms in total. The molecule has 1 atom stereocenters. The molecule has 1 aromatic rings. The van der Waals surface area contributed by atoms with E-state index in [-0.39, 0.29) is 23.0 Å². The molecular weight excluding hydrogens is 318 g/mol. The van der Waals surface area contributed by atoms with Gasteiger partial charge in [-0.3, -0.25) is 9.59 Å². The number of carbonyl (C=O) groups is 2. The Morgan fingerprint density at radius 1 is 1.30 bits per heavy atom. The molecule has 23 heavy (non-hydrogen) atoms. The van der Waals surface area contributed by atoms with Crippen molar-refractivity contribution in [2.24, 2.45) is 5.92 Å². The molecule has 0 fully saturated rings. The zero-order valence-corrected chi connectivity index (χ0v) is 14.0. The van der Waals surface area contributed by atoms with Gasteiger partial charge in [0.15, 0.2) is 5.78 Å². The SMILES string of the molecule is CC(C)CC(NS(=O)(=O)c1ccc2c(c1)C(=O)CCC2)C(=O)O. The molecule has 126 valence electrons. The first-order valence-electron chi connectivity index (χ1n) is 7.62. The number of nitrogens with one attached hydrogen (secondary N) is 1. The van der Waals surface area contributed by atoms with E-state index in [1.807, 2.05) is 13.8 Å². The monoisotopic (exact) mass is 339 g/mol. The van der Waals surface area contributed by atoms with Gasteiger partial charge in [-0.1, -0.05) is 19.9 Å². The van der Waals surface area contributed by atoms with Crippen LogP contribution in [-0.2, 0) is 21.2 Å². The van der Waals surface area contributed by atoms with Gasteiger partial charge in [-0.2, -0.15) is 4.72 Å². The molecule has 0 aliphatic heterocycles. The number of hydrogen-bond acceptors (Lipinski definition) is 4. The molecule has 0 radical (unpaired) electrons. The van der Waals surface area contributed by atoms with Gasteiger partial charge in [0.05, 0.1) is 4.90 Å². The Morgan fingerprint density at radius 2 is 2.00 bits per heavy atom. The number of Topliss-reactive ketones (excluding diaryl/α,β-unsaturated/α-hetero) is 1. The van der Waals surface area contributed by atoms with Crippen molar-refractivity contribution in [3.8, 4) is 0 Å². The third kappa shape index (κ3) is 4.17. The van der Waals surface area contributed by atoms with Crippen molar-refractivity contribution in [1.29, 1.82) is 0 Å². The Labute approximate surface area is 136 Å². The lowest BCUT2D eigenvalue weighted by Gasteiger charge is -2.18. The maximum Gasteiger partial charge on any atom is 0.321 e. The van der Waals surface area contributed by atoms with Gasteiger partial charge in [-0.05, 0) is 42.9 Å². The number of carbonyl (C=O) groups excluding carboxylic acids is 1. The Morgan fingerprint density at radius 3 is 2.61 bits per heavy atom. The Kier molecular flexibility index (Phi) is 5.21. The van der Waals surface area contributed by atoms with Gasteiger partial charge in [0.1, 0.15) is 6.04 Å². The van der Waals surface area contributed by atoms with Crippen molar-refractivity contribution in [1.82, 2.24) is 4.72 Å². The lowest BCUT2D eigenvalue weighted by Crippen LogP contribution is -2.41. The van der Waals surface area contributed by atoms with E-state index in [1.54, 1.807) is 6.07 Å². The van der Waals surface area contributed by atoms with Gasteiger partial charge >= 0.3 is 5.97 Å². The number of aliphatic carboxylic acids is 1. The van der Waals surface area contributed by atoms with E-state index < -0.39 is 22.0 Å². The van der Waals surface area contributed by atoms with Crippen molar-refractivity contribution in [3.05, 3.63) is 29.3 Å². The number of benzene rings is 1. The molecule has 0 heterocycles. The summed E-state index contributed by atoms with van der Waals surface area (Å²) in [6.07, 6.45) is 2.12. The van der Waals surface area contributed by atoms with Crippen LogP contribution in [0.4, 0.5) is 0 Å². The van der Waals surface area contributed by atoms with Crippen LogP contribution in [0.2, 0.25) is 0 Å². The predicted octanol–water partition coefficient (Wildman–Crippen LogP) is 1.98. The second-order valence-corrected chi connectivity index (χ2v) is 7.95.